The molecule has 1 aliphatic heterocycles. The number of thioether (sulfide) groups is 1. The molecule has 34 heavy (non-hydrogen) atoms. The molecule has 0 spiro atoms. The Hall–Kier alpha value is -3.48. The molecule has 1 heterocycles. The second-order valence-corrected chi connectivity index (χ2v) is 9.99. The Balaban J connectivity index is 1.48. The molecule has 4 aromatic carbocycles. The Morgan fingerprint density at radius 2 is 1.56 bits per heavy atom. The molecule has 0 radical (unpaired) electrons. The molecule has 1 fully saturated rings. The standard InChI is InChI=1S/C28H22N2O2S2/c1-17-11-13-21(14-12-17)29-26(31)18(2)30-27(32)25(34-28(30)33)16-24-22-9-5-3-7-19(22)15-20-8-4-6-10-23(20)24/h3-16,18H,1-2H3,(H,29,31)/b25-16-. The number of hydrogen-bond donors (Lipinski definition) is 1. The zero-order valence-corrected chi connectivity index (χ0v) is 20.4. The van der Waals surface area contributed by atoms with Crippen molar-refractivity contribution in [2.75, 3.05) is 5.32 Å². The third-order valence-corrected chi connectivity index (χ3v) is 7.33. The number of thiocarbonyl (C=S) groups is 1. The van der Waals surface area contributed by atoms with Gasteiger partial charge in [-0.1, -0.05) is 90.2 Å². The van der Waals surface area contributed by atoms with Gasteiger partial charge in [-0.3, -0.25) is 14.5 Å². The Bertz CT molecular complexity index is 1440. The summed E-state index contributed by atoms with van der Waals surface area (Å²) in [5.74, 6) is -0.532. The number of carbonyl (C=O) groups excluding carboxylic acids is 2. The summed E-state index contributed by atoms with van der Waals surface area (Å²) in [7, 11) is 0. The highest BCUT2D eigenvalue weighted by Gasteiger charge is 2.38. The van der Waals surface area contributed by atoms with Gasteiger partial charge in [0, 0.05) is 5.69 Å². The first-order valence-electron chi connectivity index (χ1n) is 11.0. The fourth-order valence-corrected chi connectivity index (χ4v) is 5.55. The van der Waals surface area contributed by atoms with Gasteiger partial charge in [-0.2, -0.15) is 0 Å². The molecule has 4 nitrogen and oxygen atoms in total. The van der Waals surface area contributed by atoms with Gasteiger partial charge in [0.25, 0.3) is 5.91 Å². The highest BCUT2D eigenvalue weighted by molar-refractivity contribution is 8.26. The molecule has 5 rings (SSSR count). The van der Waals surface area contributed by atoms with Crippen LogP contribution in [0.5, 0.6) is 0 Å². The van der Waals surface area contributed by atoms with Crippen molar-refractivity contribution in [1.29, 1.82) is 0 Å². The number of aryl methyl sites for hydroxylation is 1. The van der Waals surface area contributed by atoms with Crippen LogP contribution >= 0.6 is 24.0 Å². The van der Waals surface area contributed by atoms with E-state index < -0.39 is 6.04 Å². The number of benzene rings is 4. The van der Waals surface area contributed by atoms with Gasteiger partial charge in [-0.05, 0) is 65.2 Å². The third-order valence-electron chi connectivity index (χ3n) is 6.00. The normalized spacial score (nSPS) is 15.9. The zero-order chi connectivity index (χ0) is 23.8. The molecule has 1 N–H and O–H groups in total. The number of nitrogens with zero attached hydrogens (tertiary/aromatic N) is 1. The molecule has 168 valence electrons. The van der Waals surface area contributed by atoms with E-state index in [0.717, 1.165) is 32.7 Å². The number of hydrogen-bond acceptors (Lipinski definition) is 4. The molecule has 1 atom stereocenters. The minimum absolute atomic E-state index is 0.251. The quantitative estimate of drug-likeness (QED) is 0.204. The summed E-state index contributed by atoms with van der Waals surface area (Å²) in [6.45, 7) is 3.68. The van der Waals surface area contributed by atoms with Gasteiger partial charge in [-0.25, -0.2) is 0 Å². The van der Waals surface area contributed by atoms with Crippen LogP contribution in [-0.2, 0) is 9.59 Å². The number of nitrogens with one attached hydrogen (secondary N) is 1. The maximum atomic E-state index is 13.4. The van der Waals surface area contributed by atoms with E-state index >= 15 is 0 Å². The summed E-state index contributed by atoms with van der Waals surface area (Å²) in [4.78, 5) is 28.2. The van der Waals surface area contributed by atoms with Crippen molar-refractivity contribution in [2.24, 2.45) is 0 Å². The Morgan fingerprint density at radius 3 is 2.18 bits per heavy atom. The van der Waals surface area contributed by atoms with E-state index in [1.54, 1.807) is 6.92 Å². The van der Waals surface area contributed by atoms with Crippen LogP contribution in [0.1, 0.15) is 18.1 Å². The molecule has 1 aliphatic rings. The van der Waals surface area contributed by atoms with Crippen LogP contribution < -0.4 is 5.32 Å². The molecule has 2 amide bonds. The van der Waals surface area contributed by atoms with Gasteiger partial charge < -0.3 is 5.32 Å². The second kappa shape index (κ2) is 9.05. The topological polar surface area (TPSA) is 49.4 Å². The van der Waals surface area contributed by atoms with Crippen LogP contribution in [0.3, 0.4) is 0 Å². The lowest BCUT2D eigenvalue weighted by Gasteiger charge is -2.22. The highest BCUT2D eigenvalue weighted by Crippen LogP contribution is 2.37. The molecule has 4 aromatic rings. The number of rotatable bonds is 4. The van der Waals surface area contributed by atoms with Crippen molar-refractivity contribution in [3.8, 4) is 0 Å². The lowest BCUT2D eigenvalue weighted by molar-refractivity contribution is -0.129. The predicted molar refractivity (Wildman–Crippen MR) is 146 cm³/mol. The van der Waals surface area contributed by atoms with Gasteiger partial charge in [0.05, 0.1) is 4.91 Å². The van der Waals surface area contributed by atoms with E-state index in [0.29, 0.717) is 14.9 Å². The van der Waals surface area contributed by atoms with E-state index in [1.807, 2.05) is 61.5 Å². The fraction of sp³-hybridized carbons (Fsp3) is 0.107. The minimum atomic E-state index is -0.732. The van der Waals surface area contributed by atoms with Gasteiger partial charge in [0.2, 0.25) is 5.91 Å². The van der Waals surface area contributed by atoms with Crippen molar-refractivity contribution < 1.29 is 9.59 Å². The number of anilines is 1. The SMILES string of the molecule is Cc1ccc(NC(=O)C(C)N2C(=O)/C(=C/c3c4ccccc4cc4ccccc34)SC2=S)cc1. The molecule has 0 aromatic heterocycles. The van der Waals surface area contributed by atoms with E-state index in [9.17, 15) is 9.59 Å². The number of fused-ring (bicyclic) bond motifs is 2. The molecule has 6 heteroatoms. The van der Waals surface area contributed by atoms with Crippen molar-refractivity contribution in [3.05, 3.63) is 94.9 Å². The van der Waals surface area contributed by atoms with Crippen molar-refractivity contribution >= 4 is 73.4 Å². The molecule has 0 aliphatic carbocycles. The first kappa shape index (κ1) is 22.3. The van der Waals surface area contributed by atoms with Gasteiger partial charge in [0.1, 0.15) is 10.4 Å². The third kappa shape index (κ3) is 4.11. The lowest BCUT2D eigenvalue weighted by atomic mass is 9.96. The van der Waals surface area contributed by atoms with Gasteiger partial charge in [-0.15, -0.1) is 0 Å². The first-order valence-corrected chi connectivity index (χ1v) is 12.2. The van der Waals surface area contributed by atoms with Crippen LogP contribution in [-0.4, -0.2) is 27.1 Å². The Morgan fingerprint density at radius 1 is 0.971 bits per heavy atom. The van der Waals surface area contributed by atoms with Crippen molar-refractivity contribution in [2.45, 2.75) is 19.9 Å². The summed E-state index contributed by atoms with van der Waals surface area (Å²) in [5.41, 5.74) is 2.77. The van der Waals surface area contributed by atoms with Crippen molar-refractivity contribution in [1.82, 2.24) is 4.90 Å². The average molecular weight is 483 g/mol. The minimum Gasteiger partial charge on any atom is -0.324 e. The first-order chi connectivity index (χ1) is 16.4. The monoisotopic (exact) mass is 482 g/mol. The van der Waals surface area contributed by atoms with Crippen LogP contribution in [0, 0.1) is 6.92 Å². The van der Waals surface area contributed by atoms with Crippen LogP contribution in [0.4, 0.5) is 5.69 Å². The smallest absolute Gasteiger partial charge is 0.266 e. The lowest BCUT2D eigenvalue weighted by Crippen LogP contribution is -2.44. The number of carbonyl (C=O) groups is 2. The molecular weight excluding hydrogens is 460 g/mol. The summed E-state index contributed by atoms with van der Waals surface area (Å²) >= 11 is 6.76. The molecule has 1 saturated heterocycles. The van der Waals surface area contributed by atoms with Crippen molar-refractivity contribution in [3.63, 3.8) is 0 Å². The van der Waals surface area contributed by atoms with E-state index in [-0.39, 0.29) is 11.8 Å². The zero-order valence-electron chi connectivity index (χ0n) is 18.7. The van der Waals surface area contributed by atoms with Crippen LogP contribution in [0.15, 0.2) is 83.8 Å². The molecule has 0 saturated carbocycles. The molecular formula is C28H22N2O2S2. The fourth-order valence-electron chi connectivity index (χ4n) is 4.15. The van der Waals surface area contributed by atoms with Gasteiger partial charge in [0.15, 0.2) is 0 Å². The summed E-state index contributed by atoms with van der Waals surface area (Å²) < 4.78 is 0.382. The Kier molecular flexibility index (Phi) is 5.94. The maximum absolute atomic E-state index is 13.4. The second-order valence-electron chi connectivity index (χ2n) is 8.32. The largest absolute Gasteiger partial charge is 0.324 e. The average Bonchev–Trinajstić information content (AvgIpc) is 3.12. The summed E-state index contributed by atoms with van der Waals surface area (Å²) in [6.07, 6.45) is 1.91. The highest BCUT2D eigenvalue weighted by atomic mass is 32.2. The maximum Gasteiger partial charge on any atom is 0.266 e. The van der Waals surface area contributed by atoms with E-state index in [1.165, 1.54) is 16.7 Å². The Labute approximate surface area is 207 Å². The molecule has 1 unspecified atom stereocenters. The van der Waals surface area contributed by atoms with E-state index in [2.05, 4.69) is 35.6 Å². The van der Waals surface area contributed by atoms with Gasteiger partial charge >= 0.3 is 0 Å². The van der Waals surface area contributed by atoms with Crippen LogP contribution in [0.25, 0.3) is 27.6 Å². The van der Waals surface area contributed by atoms with Crippen LogP contribution in [0.2, 0.25) is 0 Å². The molecule has 0 bridgehead atoms. The summed E-state index contributed by atoms with van der Waals surface area (Å²) in [5, 5.41) is 7.22. The predicted octanol–water partition coefficient (Wildman–Crippen LogP) is 6.53. The number of amides is 2. The summed E-state index contributed by atoms with van der Waals surface area (Å²) in [6, 6.07) is 25.2. The van der Waals surface area contributed by atoms with E-state index in [4.69, 9.17) is 12.2 Å².